The summed E-state index contributed by atoms with van der Waals surface area (Å²) in [6.45, 7) is 0. The average Bonchev–Trinajstić information content (AvgIpc) is 3.38. The maximum atomic E-state index is 13.1. The molecular weight excluding hydrogens is 494 g/mol. The van der Waals surface area contributed by atoms with Gasteiger partial charge in [0.1, 0.15) is 11.4 Å². The number of benzene rings is 4. The Kier molecular flexibility index (Phi) is 7.36. The number of amides is 1. The summed E-state index contributed by atoms with van der Waals surface area (Å²) < 4.78 is 16.0. The molecule has 0 unspecified atom stereocenters. The van der Waals surface area contributed by atoms with E-state index in [1.54, 1.807) is 49.6 Å². The molecule has 2 N–H and O–H groups in total. The molecule has 0 aliphatic carbocycles. The fourth-order valence-electron chi connectivity index (χ4n) is 4.17. The first-order valence-electron chi connectivity index (χ1n) is 12.1. The first kappa shape index (κ1) is 25.3. The third-order valence-corrected chi connectivity index (χ3v) is 6.09. The summed E-state index contributed by atoms with van der Waals surface area (Å²) in [7, 11) is 3.03. The van der Waals surface area contributed by atoms with Crippen molar-refractivity contribution in [3.63, 3.8) is 0 Å². The number of nitrogens with one attached hydrogen (secondary N) is 2. The average molecular weight is 520 g/mol. The summed E-state index contributed by atoms with van der Waals surface area (Å²) in [5.74, 6) is 0.329. The van der Waals surface area contributed by atoms with E-state index in [9.17, 15) is 9.59 Å². The molecule has 0 aliphatic heterocycles. The molecule has 4 aromatic carbocycles. The minimum Gasteiger partial charge on any atom is -0.497 e. The Bertz CT molecular complexity index is 1660. The molecule has 39 heavy (non-hydrogen) atoms. The fourth-order valence-corrected chi connectivity index (χ4v) is 4.17. The number of aromatic amines is 1. The summed E-state index contributed by atoms with van der Waals surface area (Å²) in [6.07, 6.45) is 1.49. The van der Waals surface area contributed by atoms with Gasteiger partial charge in [0.2, 0.25) is 0 Å². The van der Waals surface area contributed by atoms with Gasteiger partial charge >= 0.3 is 5.97 Å². The van der Waals surface area contributed by atoms with Crippen molar-refractivity contribution in [2.45, 2.75) is 0 Å². The molecule has 0 bridgehead atoms. The van der Waals surface area contributed by atoms with Crippen LogP contribution in [0.1, 0.15) is 26.4 Å². The predicted octanol–water partition coefficient (Wildman–Crippen LogP) is 5.84. The molecule has 0 spiro atoms. The molecule has 1 aromatic heterocycles. The first-order chi connectivity index (χ1) is 19.1. The number of carbonyl (C=O) groups excluding carboxylic acids is 2. The Labute approximate surface area is 224 Å². The highest BCUT2D eigenvalue weighted by molar-refractivity contribution is 6.09. The van der Waals surface area contributed by atoms with Crippen LogP contribution in [0.4, 0.5) is 0 Å². The van der Waals surface area contributed by atoms with Crippen LogP contribution in [0.3, 0.4) is 0 Å². The Morgan fingerprint density at radius 1 is 0.821 bits per heavy atom. The van der Waals surface area contributed by atoms with E-state index in [2.05, 4.69) is 15.5 Å². The second-order valence-corrected chi connectivity index (χ2v) is 8.51. The van der Waals surface area contributed by atoms with E-state index in [-0.39, 0.29) is 11.7 Å². The highest BCUT2D eigenvalue weighted by Gasteiger charge is 2.19. The summed E-state index contributed by atoms with van der Waals surface area (Å²) in [5.41, 5.74) is 6.61. The molecular formula is C31H25N3O5. The largest absolute Gasteiger partial charge is 0.497 e. The second-order valence-electron chi connectivity index (χ2n) is 8.51. The van der Waals surface area contributed by atoms with Gasteiger partial charge in [-0.1, -0.05) is 48.5 Å². The number of rotatable bonds is 8. The summed E-state index contributed by atoms with van der Waals surface area (Å²) >= 11 is 0. The van der Waals surface area contributed by atoms with Gasteiger partial charge in [-0.2, -0.15) is 5.10 Å². The molecule has 8 nitrogen and oxygen atoms in total. The summed E-state index contributed by atoms with van der Waals surface area (Å²) in [4.78, 5) is 28.9. The third-order valence-electron chi connectivity index (χ3n) is 6.09. The van der Waals surface area contributed by atoms with E-state index in [1.165, 1.54) is 13.3 Å². The third kappa shape index (κ3) is 5.50. The Morgan fingerprint density at radius 2 is 1.56 bits per heavy atom. The van der Waals surface area contributed by atoms with E-state index >= 15 is 0 Å². The molecule has 0 fully saturated rings. The molecule has 5 aromatic rings. The Balaban J connectivity index is 1.32. The van der Waals surface area contributed by atoms with Gasteiger partial charge in [-0.05, 0) is 59.7 Å². The molecule has 5 rings (SSSR count). The quantitative estimate of drug-likeness (QED) is 0.116. The molecule has 0 saturated carbocycles. The lowest BCUT2D eigenvalue weighted by atomic mass is 10.0. The van der Waals surface area contributed by atoms with Crippen molar-refractivity contribution < 1.29 is 23.8 Å². The summed E-state index contributed by atoms with van der Waals surface area (Å²) in [5, 5.41) is 5.08. The molecule has 1 heterocycles. The van der Waals surface area contributed by atoms with Crippen LogP contribution in [0.15, 0.2) is 102 Å². The lowest BCUT2D eigenvalue weighted by Gasteiger charge is -2.10. The highest BCUT2D eigenvalue weighted by atomic mass is 16.6. The number of aromatic nitrogens is 1. The van der Waals surface area contributed by atoms with Crippen molar-refractivity contribution in [3.05, 3.63) is 114 Å². The SMILES string of the molecule is COc1ccc(C(=O)Oc2ccc(C=NNC(=O)c3[nH]c4ccccc4c3-c3ccccc3)cc2OC)cc1. The van der Waals surface area contributed by atoms with Crippen molar-refractivity contribution in [1.29, 1.82) is 0 Å². The van der Waals surface area contributed by atoms with Crippen LogP contribution >= 0.6 is 0 Å². The molecule has 194 valence electrons. The number of methoxy groups -OCH3 is 2. The number of fused-ring (bicyclic) bond motifs is 1. The highest BCUT2D eigenvalue weighted by Crippen LogP contribution is 2.32. The van der Waals surface area contributed by atoms with Crippen molar-refractivity contribution >= 4 is 29.0 Å². The Hall–Kier alpha value is -5.37. The molecule has 8 heteroatoms. The number of hydrogen-bond acceptors (Lipinski definition) is 6. The van der Waals surface area contributed by atoms with Gasteiger partial charge in [-0.3, -0.25) is 4.79 Å². The van der Waals surface area contributed by atoms with Gasteiger partial charge < -0.3 is 19.2 Å². The van der Waals surface area contributed by atoms with Gasteiger partial charge in [0, 0.05) is 16.5 Å². The standard InChI is InChI=1S/C31H25N3O5/c1-37-23-15-13-22(14-16-23)31(36)39-26-17-12-20(18-27(26)38-2)19-32-34-30(35)29-28(21-8-4-3-5-9-21)24-10-6-7-11-25(24)33-29/h3-19,33H,1-2H3,(H,34,35). The van der Waals surface area contributed by atoms with Crippen LogP contribution in [0.5, 0.6) is 17.2 Å². The minimum absolute atomic E-state index is 0.255. The van der Waals surface area contributed by atoms with Gasteiger partial charge in [-0.15, -0.1) is 0 Å². The Morgan fingerprint density at radius 3 is 2.31 bits per heavy atom. The van der Waals surface area contributed by atoms with E-state index in [1.807, 2.05) is 54.6 Å². The number of H-pyrrole nitrogens is 1. The topological polar surface area (TPSA) is 102 Å². The number of hydrogen-bond donors (Lipinski definition) is 2. The number of nitrogens with zero attached hydrogens (tertiary/aromatic N) is 1. The zero-order chi connectivity index (χ0) is 27.2. The number of hydrazone groups is 1. The monoisotopic (exact) mass is 519 g/mol. The molecule has 0 aliphatic rings. The van der Waals surface area contributed by atoms with Crippen LogP contribution < -0.4 is 19.6 Å². The number of carbonyl (C=O) groups is 2. The summed E-state index contributed by atoms with van der Waals surface area (Å²) in [6, 6.07) is 29.0. The van der Waals surface area contributed by atoms with E-state index in [0.29, 0.717) is 28.3 Å². The molecule has 0 saturated heterocycles. The zero-order valence-corrected chi connectivity index (χ0v) is 21.3. The van der Waals surface area contributed by atoms with Gasteiger partial charge in [0.05, 0.1) is 26.0 Å². The van der Waals surface area contributed by atoms with Crippen LogP contribution in [0.2, 0.25) is 0 Å². The van der Waals surface area contributed by atoms with Crippen LogP contribution in [0.25, 0.3) is 22.0 Å². The fraction of sp³-hybridized carbons (Fsp3) is 0.0645. The predicted molar refractivity (Wildman–Crippen MR) is 150 cm³/mol. The minimum atomic E-state index is -0.530. The van der Waals surface area contributed by atoms with E-state index in [0.717, 1.165) is 22.0 Å². The smallest absolute Gasteiger partial charge is 0.343 e. The maximum Gasteiger partial charge on any atom is 0.343 e. The second kappa shape index (κ2) is 11.4. The maximum absolute atomic E-state index is 13.1. The van der Waals surface area contributed by atoms with Crippen molar-refractivity contribution in [1.82, 2.24) is 10.4 Å². The van der Waals surface area contributed by atoms with Gasteiger partial charge in [0.15, 0.2) is 11.5 Å². The van der Waals surface area contributed by atoms with Crippen LogP contribution in [-0.4, -0.2) is 37.3 Å². The van der Waals surface area contributed by atoms with E-state index in [4.69, 9.17) is 14.2 Å². The number of ether oxygens (including phenoxy) is 3. The first-order valence-corrected chi connectivity index (χ1v) is 12.1. The normalized spacial score (nSPS) is 10.9. The molecule has 0 radical (unpaired) electrons. The van der Waals surface area contributed by atoms with Crippen LogP contribution in [0, 0.1) is 0 Å². The van der Waals surface area contributed by atoms with Crippen molar-refractivity contribution in [3.8, 4) is 28.4 Å². The number of esters is 1. The zero-order valence-electron chi connectivity index (χ0n) is 21.3. The molecule has 1 amide bonds. The van der Waals surface area contributed by atoms with Crippen molar-refractivity contribution in [2.24, 2.45) is 5.10 Å². The lowest BCUT2D eigenvalue weighted by molar-refractivity contribution is 0.0729. The van der Waals surface area contributed by atoms with E-state index < -0.39 is 5.97 Å². The molecule has 0 atom stereocenters. The van der Waals surface area contributed by atoms with Gasteiger partial charge in [0.25, 0.3) is 5.91 Å². The lowest BCUT2D eigenvalue weighted by Crippen LogP contribution is -2.18. The van der Waals surface area contributed by atoms with Crippen molar-refractivity contribution in [2.75, 3.05) is 14.2 Å². The van der Waals surface area contributed by atoms with Gasteiger partial charge in [-0.25, -0.2) is 10.2 Å². The number of para-hydroxylation sites is 1. The van der Waals surface area contributed by atoms with Crippen LogP contribution in [-0.2, 0) is 0 Å².